The zero-order valence-electron chi connectivity index (χ0n) is 15.4. The van der Waals surface area contributed by atoms with Crippen LogP contribution in [0.3, 0.4) is 0 Å². The second-order valence-corrected chi connectivity index (χ2v) is 6.42. The van der Waals surface area contributed by atoms with Crippen LogP contribution < -0.4 is 18.9 Å². The van der Waals surface area contributed by atoms with Crippen molar-refractivity contribution in [2.24, 2.45) is 0 Å². The maximum absolute atomic E-state index is 10.7. The summed E-state index contributed by atoms with van der Waals surface area (Å²) in [5, 5.41) is 10.7. The lowest BCUT2D eigenvalue weighted by Gasteiger charge is -2.36. The molecule has 0 spiro atoms. The van der Waals surface area contributed by atoms with Gasteiger partial charge in [-0.25, -0.2) is 0 Å². The lowest BCUT2D eigenvalue weighted by molar-refractivity contribution is 0.0231. The van der Waals surface area contributed by atoms with Gasteiger partial charge in [-0.1, -0.05) is 0 Å². The number of hydrogen-bond acceptors (Lipinski definition) is 7. The van der Waals surface area contributed by atoms with Crippen LogP contribution >= 0.6 is 0 Å². The molecule has 0 radical (unpaired) electrons. The van der Waals surface area contributed by atoms with E-state index in [0.717, 1.165) is 24.2 Å². The van der Waals surface area contributed by atoms with Crippen molar-refractivity contribution in [3.05, 3.63) is 41.5 Å². The van der Waals surface area contributed by atoms with Crippen LogP contribution in [0, 0.1) is 0 Å². The van der Waals surface area contributed by atoms with Crippen LogP contribution in [0.4, 0.5) is 0 Å². The van der Waals surface area contributed by atoms with Crippen molar-refractivity contribution in [2.75, 3.05) is 47.3 Å². The molecular formula is C20H23NO6. The standard InChI is InChI=1S/C20H23NO6/c1-23-13-3-4-14(17(9-13)24-2)20(21-5-7-25-8-6-21)15-10-18-19(11-16(15)22)27-12-26-18/h3-4,9-11,20,22H,5-8,12H2,1-2H3/t20-/m0/s1. The van der Waals surface area contributed by atoms with Gasteiger partial charge in [-0.3, -0.25) is 4.90 Å². The molecule has 1 fully saturated rings. The monoisotopic (exact) mass is 373 g/mol. The predicted octanol–water partition coefficient (Wildman–Crippen LogP) is 2.56. The molecule has 4 rings (SSSR count). The van der Waals surface area contributed by atoms with Gasteiger partial charge in [-0.15, -0.1) is 0 Å². The number of hydrogen-bond donors (Lipinski definition) is 1. The van der Waals surface area contributed by atoms with E-state index in [9.17, 15) is 5.11 Å². The first-order valence-corrected chi connectivity index (χ1v) is 8.87. The lowest BCUT2D eigenvalue weighted by Crippen LogP contribution is -2.39. The van der Waals surface area contributed by atoms with E-state index in [4.69, 9.17) is 23.7 Å². The molecule has 7 heteroatoms. The molecule has 0 unspecified atom stereocenters. The number of phenolic OH excluding ortho intramolecular Hbond substituents is 1. The Balaban J connectivity index is 1.83. The molecule has 2 aliphatic rings. The topological polar surface area (TPSA) is 69.6 Å². The van der Waals surface area contributed by atoms with Crippen molar-refractivity contribution in [1.29, 1.82) is 0 Å². The Hall–Kier alpha value is -2.64. The Labute approximate surface area is 158 Å². The summed E-state index contributed by atoms with van der Waals surface area (Å²) in [7, 11) is 3.26. The molecule has 27 heavy (non-hydrogen) atoms. The quantitative estimate of drug-likeness (QED) is 0.864. The minimum Gasteiger partial charge on any atom is -0.507 e. The molecule has 1 atom stereocenters. The molecule has 0 saturated carbocycles. The summed E-state index contributed by atoms with van der Waals surface area (Å²) in [6.45, 7) is 2.92. The minimum atomic E-state index is -0.218. The normalized spacial score (nSPS) is 17.6. The first-order valence-electron chi connectivity index (χ1n) is 8.87. The third-order valence-corrected chi connectivity index (χ3v) is 4.96. The summed E-state index contributed by atoms with van der Waals surface area (Å²) in [6, 6.07) is 8.97. The summed E-state index contributed by atoms with van der Waals surface area (Å²) < 4.78 is 27.4. The van der Waals surface area contributed by atoms with Crippen LogP contribution in [0.25, 0.3) is 0 Å². The van der Waals surface area contributed by atoms with Crippen molar-refractivity contribution in [2.45, 2.75) is 6.04 Å². The van der Waals surface area contributed by atoms with E-state index in [1.54, 1.807) is 20.3 Å². The van der Waals surface area contributed by atoms with Gasteiger partial charge in [-0.05, 0) is 18.2 Å². The van der Waals surface area contributed by atoms with Crippen LogP contribution in [0.15, 0.2) is 30.3 Å². The number of methoxy groups -OCH3 is 2. The number of ether oxygens (including phenoxy) is 5. The van der Waals surface area contributed by atoms with Gasteiger partial charge in [0.05, 0.1) is 33.5 Å². The second-order valence-electron chi connectivity index (χ2n) is 6.42. The van der Waals surface area contributed by atoms with E-state index in [-0.39, 0.29) is 18.6 Å². The zero-order chi connectivity index (χ0) is 18.8. The Morgan fingerprint density at radius 3 is 2.41 bits per heavy atom. The molecule has 2 aliphatic heterocycles. The number of phenols is 1. The van der Waals surface area contributed by atoms with Crippen LogP contribution in [0.5, 0.6) is 28.7 Å². The van der Waals surface area contributed by atoms with E-state index >= 15 is 0 Å². The highest BCUT2D eigenvalue weighted by molar-refractivity contribution is 5.56. The van der Waals surface area contributed by atoms with Crippen molar-refractivity contribution < 1.29 is 28.8 Å². The van der Waals surface area contributed by atoms with Gasteiger partial charge in [0.15, 0.2) is 11.5 Å². The molecule has 0 amide bonds. The van der Waals surface area contributed by atoms with Crippen LogP contribution in [-0.2, 0) is 4.74 Å². The van der Waals surface area contributed by atoms with Crippen molar-refractivity contribution in [3.63, 3.8) is 0 Å². The number of aromatic hydroxyl groups is 1. The van der Waals surface area contributed by atoms with Crippen LogP contribution in [-0.4, -0.2) is 57.3 Å². The van der Waals surface area contributed by atoms with Crippen molar-refractivity contribution >= 4 is 0 Å². The number of morpholine rings is 1. The zero-order valence-corrected chi connectivity index (χ0v) is 15.4. The number of rotatable bonds is 5. The fraction of sp³-hybridized carbons (Fsp3) is 0.400. The Kier molecular flexibility index (Phi) is 4.96. The van der Waals surface area contributed by atoms with Gasteiger partial charge in [0.1, 0.15) is 17.2 Å². The van der Waals surface area contributed by atoms with Crippen molar-refractivity contribution in [3.8, 4) is 28.7 Å². The lowest BCUT2D eigenvalue weighted by atomic mass is 9.94. The largest absolute Gasteiger partial charge is 0.507 e. The van der Waals surface area contributed by atoms with Crippen LogP contribution in [0.1, 0.15) is 17.2 Å². The van der Waals surface area contributed by atoms with Crippen LogP contribution in [0.2, 0.25) is 0 Å². The maximum atomic E-state index is 10.7. The van der Waals surface area contributed by atoms with Gasteiger partial charge in [-0.2, -0.15) is 0 Å². The maximum Gasteiger partial charge on any atom is 0.231 e. The molecule has 1 saturated heterocycles. The highest BCUT2D eigenvalue weighted by Gasteiger charge is 2.31. The molecule has 2 aromatic carbocycles. The third-order valence-electron chi connectivity index (χ3n) is 4.96. The summed E-state index contributed by atoms with van der Waals surface area (Å²) in [6.07, 6.45) is 0. The van der Waals surface area contributed by atoms with E-state index in [2.05, 4.69) is 4.90 Å². The van der Waals surface area contributed by atoms with E-state index in [1.165, 1.54) is 0 Å². The van der Waals surface area contributed by atoms with Gasteiger partial charge >= 0.3 is 0 Å². The van der Waals surface area contributed by atoms with Crippen molar-refractivity contribution in [1.82, 2.24) is 4.90 Å². The summed E-state index contributed by atoms with van der Waals surface area (Å²) in [5.74, 6) is 2.76. The first-order chi connectivity index (χ1) is 13.2. The smallest absolute Gasteiger partial charge is 0.231 e. The molecule has 2 aromatic rings. The highest BCUT2D eigenvalue weighted by atomic mass is 16.7. The second kappa shape index (κ2) is 7.54. The van der Waals surface area contributed by atoms with Gasteiger partial charge in [0, 0.05) is 36.3 Å². The molecule has 7 nitrogen and oxygen atoms in total. The summed E-state index contributed by atoms with van der Waals surface area (Å²) >= 11 is 0. The first kappa shape index (κ1) is 17.8. The van der Waals surface area contributed by atoms with Gasteiger partial charge in [0.2, 0.25) is 6.79 Å². The molecule has 0 bridgehead atoms. The highest BCUT2D eigenvalue weighted by Crippen LogP contribution is 2.45. The number of fused-ring (bicyclic) bond motifs is 1. The van der Waals surface area contributed by atoms with Gasteiger partial charge in [0.25, 0.3) is 0 Å². The molecule has 2 heterocycles. The SMILES string of the molecule is COc1ccc([C@@H](c2cc3c(cc2O)OCO3)N2CCOCC2)c(OC)c1. The molecule has 0 aromatic heterocycles. The fourth-order valence-corrected chi connectivity index (χ4v) is 3.61. The Morgan fingerprint density at radius 2 is 1.70 bits per heavy atom. The van der Waals surface area contributed by atoms with E-state index in [1.807, 2.05) is 24.3 Å². The molecule has 0 aliphatic carbocycles. The Morgan fingerprint density at radius 1 is 0.963 bits per heavy atom. The Bertz CT molecular complexity index is 818. The van der Waals surface area contributed by atoms with E-state index in [0.29, 0.717) is 36.2 Å². The summed E-state index contributed by atoms with van der Waals surface area (Å²) in [4.78, 5) is 2.27. The average Bonchev–Trinajstić information content (AvgIpc) is 3.16. The predicted molar refractivity (Wildman–Crippen MR) is 98.0 cm³/mol. The number of nitrogens with zero attached hydrogens (tertiary/aromatic N) is 1. The van der Waals surface area contributed by atoms with E-state index < -0.39 is 0 Å². The summed E-state index contributed by atoms with van der Waals surface area (Å²) in [5.41, 5.74) is 1.68. The fourth-order valence-electron chi connectivity index (χ4n) is 3.61. The third kappa shape index (κ3) is 3.36. The molecule has 1 N–H and O–H groups in total. The molecular weight excluding hydrogens is 350 g/mol. The minimum absolute atomic E-state index is 0.159. The number of benzene rings is 2. The molecule has 144 valence electrons. The van der Waals surface area contributed by atoms with Gasteiger partial charge < -0.3 is 28.8 Å². The average molecular weight is 373 g/mol.